The van der Waals surface area contributed by atoms with Crippen molar-refractivity contribution in [2.45, 2.75) is 12.5 Å². The number of halogens is 1. The van der Waals surface area contributed by atoms with E-state index in [1.807, 2.05) is 0 Å². The van der Waals surface area contributed by atoms with Gasteiger partial charge in [-0.05, 0) is 29.8 Å². The van der Waals surface area contributed by atoms with Gasteiger partial charge in [0.1, 0.15) is 10.8 Å². The first-order valence-electron chi connectivity index (χ1n) is 7.40. The number of rotatable bonds is 7. The number of nitro groups is 1. The monoisotopic (exact) mass is 377 g/mol. The Hall–Kier alpha value is -3.13. The quantitative estimate of drug-likeness (QED) is 0.580. The van der Waals surface area contributed by atoms with E-state index in [2.05, 4.69) is 5.32 Å². The maximum Gasteiger partial charge on any atom is 0.288 e. The van der Waals surface area contributed by atoms with Crippen LogP contribution in [0, 0.1) is 10.1 Å². The number of aliphatic carboxylic acids is 1. The Morgan fingerprint density at radius 1 is 1.23 bits per heavy atom. The fourth-order valence-electron chi connectivity index (χ4n) is 2.29. The van der Waals surface area contributed by atoms with Gasteiger partial charge in [0.15, 0.2) is 0 Å². The molecule has 0 fully saturated rings. The maximum absolute atomic E-state index is 12.4. The molecule has 1 N–H and O–H groups in total. The fourth-order valence-corrected chi connectivity index (χ4v) is 2.48. The Morgan fingerprint density at radius 2 is 1.88 bits per heavy atom. The number of hydrogen-bond acceptors (Lipinski definition) is 6. The molecule has 136 valence electrons. The number of methoxy groups -OCH3 is 1. The van der Waals surface area contributed by atoms with Crippen LogP contribution >= 0.6 is 11.6 Å². The summed E-state index contributed by atoms with van der Waals surface area (Å²) in [5, 5.41) is 24.4. The number of nitro benzene ring substituents is 1. The van der Waals surface area contributed by atoms with E-state index < -0.39 is 34.9 Å². The van der Waals surface area contributed by atoms with Crippen molar-refractivity contribution in [3.8, 4) is 5.75 Å². The Labute approximate surface area is 153 Å². The highest BCUT2D eigenvalue weighted by atomic mass is 35.5. The van der Waals surface area contributed by atoms with Crippen LogP contribution in [0.2, 0.25) is 5.02 Å². The highest BCUT2D eigenvalue weighted by molar-refractivity contribution is 6.32. The predicted octanol–water partition coefficient (Wildman–Crippen LogP) is 1.87. The Kier molecular flexibility index (Phi) is 6.13. The SMILES string of the molecule is COc1ccc([C@H](CC(=O)[O-])NC(=O)c2ccc(Cl)c([N+](=O)[O-])c2)cc1. The molecule has 0 saturated carbocycles. The molecule has 0 aromatic heterocycles. The molecule has 0 saturated heterocycles. The number of ether oxygens (including phenoxy) is 1. The van der Waals surface area contributed by atoms with Gasteiger partial charge in [-0.15, -0.1) is 0 Å². The van der Waals surface area contributed by atoms with Crippen LogP contribution in [0.1, 0.15) is 28.4 Å². The molecule has 0 aliphatic rings. The third kappa shape index (κ3) is 4.70. The molecule has 1 amide bonds. The van der Waals surface area contributed by atoms with E-state index in [1.54, 1.807) is 24.3 Å². The molecule has 0 unspecified atom stereocenters. The highest BCUT2D eigenvalue weighted by Crippen LogP contribution is 2.26. The first-order valence-corrected chi connectivity index (χ1v) is 7.78. The standard InChI is InChI=1S/C17H15ClN2O6/c1-26-12-5-2-10(3-6-12)14(9-16(21)22)19-17(23)11-4-7-13(18)15(8-11)20(24)25/h2-8,14H,9H2,1H3,(H,19,23)(H,21,22)/p-1/t14-/m0/s1. The van der Waals surface area contributed by atoms with Crippen molar-refractivity contribution in [2.75, 3.05) is 7.11 Å². The van der Waals surface area contributed by atoms with Crippen molar-refractivity contribution in [3.05, 3.63) is 68.7 Å². The van der Waals surface area contributed by atoms with E-state index in [-0.39, 0.29) is 10.6 Å². The lowest BCUT2D eigenvalue weighted by Crippen LogP contribution is -2.34. The summed E-state index contributed by atoms with van der Waals surface area (Å²) in [5.41, 5.74) is 0.0880. The molecule has 2 aromatic rings. The predicted molar refractivity (Wildman–Crippen MR) is 90.9 cm³/mol. The van der Waals surface area contributed by atoms with Crippen LogP contribution in [0.25, 0.3) is 0 Å². The lowest BCUT2D eigenvalue weighted by atomic mass is 10.0. The first kappa shape index (κ1) is 19.2. The van der Waals surface area contributed by atoms with Gasteiger partial charge in [0, 0.05) is 24.0 Å². The molecule has 0 radical (unpaired) electrons. The largest absolute Gasteiger partial charge is 0.550 e. The minimum absolute atomic E-state index is 0.0158. The zero-order valence-corrected chi connectivity index (χ0v) is 14.4. The normalized spacial score (nSPS) is 11.5. The maximum atomic E-state index is 12.4. The summed E-state index contributed by atoms with van der Waals surface area (Å²) in [6.07, 6.45) is -0.465. The van der Waals surface area contributed by atoms with E-state index in [9.17, 15) is 24.8 Å². The number of carbonyl (C=O) groups excluding carboxylic acids is 2. The van der Waals surface area contributed by atoms with E-state index in [1.165, 1.54) is 19.2 Å². The van der Waals surface area contributed by atoms with E-state index in [0.717, 1.165) is 6.07 Å². The van der Waals surface area contributed by atoms with Crippen LogP contribution in [0.5, 0.6) is 5.75 Å². The molecular formula is C17H14ClN2O6-. The van der Waals surface area contributed by atoms with Gasteiger partial charge >= 0.3 is 0 Å². The van der Waals surface area contributed by atoms with E-state index in [0.29, 0.717) is 11.3 Å². The summed E-state index contributed by atoms with van der Waals surface area (Å²) in [7, 11) is 1.49. The average Bonchev–Trinajstić information content (AvgIpc) is 2.61. The Morgan fingerprint density at radius 3 is 2.42 bits per heavy atom. The third-order valence-electron chi connectivity index (χ3n) is 3.60. The van der Waals surface area contributed by atoms with Gasteiger partial charge in [-0.1, -0.05) is 23.7 Å². The van der Waals surface area contributed by atoms with Crippen LogP contribution in [-0.4, -0.2) is 23.9 Å². The van der Waals surface area contributed by atoms with Gasteiger partial charge in [-0.3, -0.25) is 14.9 Å². The lowest BCUT2D eigenvalue weighted by Gasteiger charge is -2.20. The van der Waals surface area contributed by atoms with Crippen molar-refractivity contribution in [3.63, 3.8) is 0 Å². The molecule has 0 bridgehead atoms. The van der Waals surface area contributed by atoms with Crippen LogP contribution in [0.3, 0.4) is 0 Å². The zero-order chi connectivity index (χ0) is 19.3. The molecule has 0 aliphatic heterocycles. The molecule has 0 heterocycles. The lowest BCUT2D eigenvalue weighted by molar-refractivity contribution is -0.384. The van der Waals surface area contributed by atoms with Gasteiger partial charge < -0.3 is 20.0 Å². The smallest absolute Gasteiger partial charge is 0.288 e. The van der Waals surface area contributed by atoms with Gasteiger partial charge in [0.2, 0.25) is 0 Å². The Bertz CT molecular complexity index is 838. The molecule has 0 spiro atoms. The van der Waals surface area contributed by atoms with Gasteiger partial charge in [-0.2, -0.15) is 0 Å². The molecule has 2 aromatic carbocycles. The van der Waals surface area contributed by atoms with Crippen molar-refractivity contribution in [2.24, 2.45) is 0 Å². The Balaban J connectivity index is 2.27. The van der Waals surface area contributed by atoms with Gasteiger partial charge in [0.05, 0.1) is 18.1 Å². The second-order valence-corrected chi connectivity index (χ2v) is 5.71. The summed E-state index contributed by atoms with van der Waals surface area (Å²) in [6, 6.07) is 9.15. The van der Waals surface area contributed by atoms with Gasteiger partial charge in [0.25, 0.3) is 11.6 Å². The number of benzene rings is 2. The van der Waals surface area contributed by atoms with Crippen molar-refractivity contribution < 1.29 is 24.4 Å². The number of nitrogens with zero attached hydrogens (tertiary/aromatic N) is 1. The van der Waals surface area contributed by atoms with Crippen molar-refractivity contribution in [1.29, 1.82) is 0 Å². The first-order chi connectivity index (χ1) is 12.3. The van der Waals surface area contributed by atoms with E-state index >= 15 is 0 Å². The minimum atomic E-state index is -1.35. The van der Waals surface area contributed by atoms with Crippen LogP contribution in [-0.2, 0) is 4.79 Å². The van der Waals surface area contributed by atoms with Crippen LogP contribution in [0.4, 0.5) is 5.69 Å². The second kappa shape index (κ2) is 8.30. The highest BCUT2D eigenvalue weighted by Gasteiger charge is 2.20. The number of hydrogen-bond donors (Lipinski definition) is 1. The summed E-state index contributed by atoms with van der Waals surface area (Å²) >= 11 is 5.72. The number of amides is 1. The number of nitrogens with one attached hydrogen (secondary N) is 1. The van der Waals surface area contributed by atoms with Crippen molar-refractivity contribution in [1.82, 2.24) is 5.32 Å². The number of carbonyl (C=O) groups is 2. The topological polar surface area (TPSA) is 122 Å². The van der Waals surface area contributed by atoms with Crippen LogP contribution < -0.4 is 15.2 Å². The summed E-state index contributed by atoms with van der Waals surface area (Å²) < 4.78 is 5.03. The molecule has 1 atom stereocenters. The van der Waals surface area contributed by atoms with E-state index in [4.69, 9.17) is 16.3 Å². The summed E-state index contributed by atoms with van der Waals surface area (Å²) in [6.45, 7) is 0. The summed E-state index contributed by atoms with van der Waals surface area (Å²) in [5.74, 6) is -1.46. The number of carboxylic acid groups (broad SMARTS) is 1. The number of carboxylic acids is 1. The molecule has 8 nitrogen and oxygen atoms in total. The second-order valence-electron chi connectivity index (χ2n) is 5.30. The third-order valence-corrected chi connectivity index (χ3v) is 3.92. The molecule has 9 heteroatoms. The van der Waals surface area contributed by atoms with Crippen molar-refractivity contribution >= 4 is 29.2 Å². The fraction of sp³-hybridized carbons (Fsp3) is 0.176. The summed E-state index contributed by atoms with van der Waals surface area (Å²) in [4.78, 5) is 33.7. The average molecular weight is 378 g/mol. The molecule has 0 aliphatic carbocycles. The molecule has 2 rings (SSSR count). The molecular weight excluding hydrogens is 364 g/mol. The zero-order valence-electron chi connectivity index (χ0n) is 13.6. The molecule has 26 heavy (non-hydrogen) atoms. The van der Waals surface area contributed by atoms with Crippen LogP contribution in [0.15, 0.2) is 42.5 Å². The van der Waals surface area contributed by atoms with Gasteiger partial charge in [-0.25, -0.2) is 0 Å². The minimum Gasteiger partial charge on any atom is -0.550 e.